The number of fused-ring (bicyclic) bond motifs is 1. The number of aromatic nitrogens is 2. The molecular weight excluding hydrogens is 385 g/mol. The van der Waals surface area contributed by atoms with Gasteiger partial charge < -0.3 is 4.90 Å². The first kappa shape index (κ1) is 19.8. The molecule has 2 atom stereocenters. The quantitative estimate of drug-likeness (QED) is 0.547. The van der Waals surface area contributed by atoms with E-state index < -0.39 is 0 Å². The Hall–Kier alpha value is -2.47. The summed E-state index contributed by atoms with van der Waals surface area (Å²) >= 11 is 1.44. The molecule has 0 spiro atoms. The van der Waals surface area contributed by atoms with E-state index in [1.165, 1.54) is 30.3 Å². The normalized spacial score (nSPS) is 19.5. The summed E-state index contributed by atoms with van der Waals surface area (Å²) in [6.45, 7) is 4.26. The second-order valence-corrected chi connectivity index (χ2v) is 8.59. The zero-order valence-electron chi connectivity index (χ0n) is 16.6. The highest BCUT2D eigenvalue weighted by Crippen LogP contribution is 2.32. The third kappa shape index (κ3) is 4.13. The number of halogens is 1. The van der Waals surface area contributed by atoms with Gasteiger partial charge in [-0.2, -0.15) is 0 Å². The van der Waals surface area contributed by atoms with Crippen LogP contribution >= 0.6 is 11.8 Å². The van der Waals surface area contributed by atoms with Gasteiger partial charge in [-0.25, -0.2) is 4.39 Å². The van der Waals surface area contributed by atoms with Gasteiger partial charge in [-0.15, -0.1) is 10.2 Å². The minimum absolute atomic E-state index is 0.156. The van der Waals surface area contributed by atoms with Crippen LogP contribution in [0.4, 0.5) is 4.39 Å². The van der Waals surface area contributed by atoms with Crippen LogP contribution in [0.15, 0.2) is 53.6 Å². The van der Waals surface area contributed by atoms with Crippen LogP contribution in [-0.4, -0.2) is 38.8 Å². The van der Waals surface area contributed by atoms with Gasteiger partial charge in [-0.1, -0.05) is 36.0 Å². The molecular formula is C23H24FN3OS. The van der Waals surface area contributed by atoms with Crippen LogP contribution in [0.2, 0.25) is 0 Å². The lowest BCUT2D eigenvalue weighted by molar-refractivity contribution is -0.134. The zero-order chi connectivity index (χ0) is 20.4. The molecule has 0 aliphatic carbocycles. The molecule has 4 nitrogen and oxygen atoms in total. The summed E-state index contributed by atoms with van der Waals surface area (Å²) in [6, 6.07) is 14.7. The molecule has 1 aliphatic rings. The van der Waals surface area contributed by atoms with Crippen LogP contribution in [0.25, 0.3) is 22.0 Å². The van der Waals surface area contributed by atoms with Crippen LogP contribution in [0.1, 0.15) is 33.1 Å². The number of amides is 1. The molecule has 1 saturated heterocycles. The molecule has 29 heavy (non-hydrogen) atoms. The average Bonchev–Trinajstić information content (AvgIpc) is 2.72. The number of nitrogens with zero attached hydrogens (tertiary/aromatic N) is 3. The first-order valence-electron chi connectivity index (χ1n) is 10.00. The lowest BCUT2D eigenvalue weighted by Gasteiger charge is -2.39. The highest BCUT2D eigenvalue weighted by atomic mass is 32.2. The van der Waals surface area contributed by atoms with Crippen molar-refractivity contribution in [1.82, 2.24) is 15.1 Å². The van der Waals surface area contributed by atoms with Crippen LogP contribution < -0.4 is 0 Å². The largest absolute Gasteiger partial charge is 0.337 e. The van der Waals surface area contributed by atoms with Gasteiger partial charge in [0.2, 0.25) is 5.91 Å². The van der Waals surface area contributed by atoms with E-state index in [2.05, 4.69) is 24.0 Å². The maximum Gasteiger partial charge on any atom is 0.233 e. The Kier molecular flexibility index (Phi) is 5.81. The molecule has 2 heterocycles. The SMILES string of the molecule is C[C@@H]1CCC[C@@H](C)N1C(=O)CSc1nnc(-c2ccc(F)cc2)c2ccccc12. The smallest absolute Gasteiger partial charge is 0.233 e. The highest BCUT2D eigenvalue weighted by Gasteiger charge is 2.28. The molecule has 1 aromatic heterocycles. The third-order valence-electron chi connectivity index (χ3n) is 5.58. The monoisotopic (exact) mass is 409 g/mol. The van der Waals surface area contributed by atoms with Gasteiger partial charge >= 0.3 is 0 Å². The van der Waals surface area contributed by atoms with Gasteiger partial charge in [0.25, 0.3) is 0 Å². The van der Waals surface area contributed by atoms with Crippen molar-refractivity contribution in [3.05, 3.63) is 54.3 Å². The van der Waals surface area contributed by atoms with Gasteiger partial charge in [0.1, 0.15) is 16.5 Å². The fraction of sp³-hybridized carbons (Fsp3) is 0.348. The number of carbonyl (C=O) groups is 1. The third-order valence-corrected chi connectivity index (χ3v) is 6.55. The average molecular weight is 410 g/mol. The Morgan fingerprint density at radius 3 is 2.38 bits per heavy atom. The Bertz CT molecular complexity index is 1010. The predicted octanol–water partition coefficient (Wildman–Crippen LogP) is 5.32. The molecule has 0 radical (unpaired) electrons. The summed E-state index contributed by atoms with van der Waals surface area (Å²) in [5, 5.41) is 11.5. The molecule has 1 aliphatic heterocycles. The van der Waals surface area contributed by atoms with E-state index in [4.69, 9.17) is 0 Å². The number of benzene rings is 2. The fourth-order valence-corrected chi connectivity index (χ4v) is 4.97. The number of likely N-dealkylation sites (tertiary alicyclic amines) is 1. The molecule has 0 bridgehead atoms. The minimum atomic E-state index is -0.280. The number of thioether (sulfide) groups is 1. The number of rotatable bonds is 4. The molecule has 6 heteroatoms. The lowest BCUT2D eigenvalue weighted by Crippen LogP contribution is -2.48. The Morgan fingerprint density at radius 1 is 1.03 bits per heavy atom. The minimum Gasteiger partial charge on any atom is -0.337 e. The Balaban J connectivity index is 1.59. The molecule has 1 fully saturated rings. The molecule has 4 rings (SSSR count). The maximum absolute atomic E-state index is 13.3. The van der Waals surface area contributed by atoms with Crippen molar-refractivity contribution in [2.24, 2.45) is 0 Å². The van der Waals surface area contributed by atoms with E-state index in [0.29, 0.717) is 5.75 Å². The lowest BCUT2D eigenvalue weighted by atomic mass is 9.98. The van der Waals surface area contributed by atoms with E-state index in [0.717, 1.165) is 39.9 Å². The highest BCUT2D eigenvalue weighted by molar-refractivity contribution is 8.00. The van der Waals surface area contributed by atoms with Crippen molar-refractivity contribution >= 4 is 28.4 Å². The van der Waals surface area contributed by atoms with Crippen molar-refractivity contribution in [2.45, 2.75) is 50.2 Å². The Labute approximate surface area is 174 Å². The first-order valence-corrected chi connectivity index (χ1v) is 11.0. The second kappa shape index (κ2) is 8.49. The van der Waals surface area contributed by atoms with E-state index in [1.54, 1.807) is 12.1 Å². The van der Waals surface area contributed by atoms with Gasteiger partial charge in [0, 0.05) is 28.4 Å². The fourth-order valence-electron chi connectivity index (χ4n) is 4.12. The van der Waals surface area contributed by atoms with Gasteiger partial charge in [-0.3, -0.25) is 4.79 Å². The van der Waals surface area contributed by atoms with Crippen LogP contribution in [-0.2, 0) is 4.79 Å². The van der Waals surface area contributed by atoms with Gasteiger partial charge in [0.05, 0.1) is 5.75 Å². The van der Waals surface area contributed by atoms with E-state index in [1.807, 2.05) is 29.2 Å². The van der Waals surface area contributed by atoms with Gasteiger partial charge in [0.15, 0.2) is 0 Å². The number of carbonyl (C=O) groups excluding carboxylic acids is 1. The number of hydrogen-bond acceptors (Lipinski definition) is 4. The summed E-state index contributed by atoms with van der Waals surface area (Å²) in [5.41, 5.74) is 1.54. The van der Waals surface area contributed by atoms with Crippen LogP contribution in [0, 0.1) is 5.82 Å². The maximum atomic E-state index is 13.3. The predicted molar refractivity (Wildman–Crippen MR) is 115 cm³/mol. The number of piperidine rings is 1. The molecule has 150 valence electrons. The van der Waals surface area contributed by atoms with Crippen molar-refractivity contribution in [2.75, 3.05) is 5.75 Å². The molecule has 0 unspecified atom stereocenters. The summed E-state index contributed by atoms with van der Waals surface area (Å²) in [7, 11) is 0. The first-order chi connectivity index (χ1) is 14.0. The van der Waals surface area contributed by atoms with Crippen molar-refractivity contribution in [1.29, 1.82) is 0 Å². The molecule has 0 saturated carbocycles. The van der Waals surface area contributed by atoms with E-state index >= 15 is 0 Å². The standard InChI is InChI=1S/C23H24FN3OS/c1-15-6-5-7-16(2)27(15)21(28)14-29-23-20-9-4-3-8-19(20)22(25-26-23)17-10-12-18(24)13-11-17/h3-4,8-13,15-16H,5-7,14H2,1-2H3/t15-,16-/m1/s1. The summed E-state index contributed by atoms with van der Waals surface area (Å²) in [5.74, 6) is 0.226. The molecule has 2 aromatic carbocycles. The van der Waals surface area contributed by atoms with E-state index in [9.17, 15) is 9.18 Å². The van der Waals surface area contributed by atoms with Crippen molar-refractivity contribution in [3.8, 4) is 11.3 Å². The Morgan fingerprint density at radius 2 is 1.69 bits per heavy atom. The molecule has 3 aromatic rings. The summed E-state index contributed by atoms with van der Waals surface area (Å²) < 4.78 is 13.3. The van der Waals surface area contributed by atoms with Crippen LogP contribution in [0.3, 0.4) is 0 Å². The second-order valence-electron chi connectivity index (χ2n) is 7.62. The van der Waals surface area contributed by atoms with Gasteiger partial charge in [-0.05, 0) is 57.4 Å². The molecule has 0 N–H and O–H groups in total. The van der Waals surface area contributed by atoms with Crippen LogP contribution in [0.5, 0.6) is 0 Å². The van der Waals surface area contributed by atoms with E-state index in [-0.39, 0.29) is 23.8 Å². The summed E-state index contributed by atoms with van der Waals surface area (Å²) in [4.78, 5) is 14.9. The van der Waals surface area contributed by atoms with Crippen molar-refractivity contribution in [3.63, 3.8) is 0 Å². The topological polar surface area (TPSA) is 46.1 Å². The number of hydrogen-bond donors (Lipinski definition) is 0. The molecule has 1 amide bonds. The van der Waals surface area contributed by atoms with Crippen molar-refractivity contribution < 1.29 is 9.18 Å². The zero-order valence-corrected chi connectivity index (χ0v) is 17.5. The summed E-state index contributed by atoms with van der Waals surface area (Å²) in [6.07, 6.45) is 3.31.